The van der Waals surface area contributed by atoms with Gasteiger partial charge >= 0.3 is 0 Å². The number of ether oxygens (including phenoxy) is 2. The summed E-state index contributed by atoms with van der Waals surface area (Å²) < 4.78 is 13.2. The van der Waals surface area contributed by atoms with E-state index in [0.717, 1.165) is 36.0 Å². The number of hydrogen-bond donors (Lipinski definition) is 0. The molecule has 0 unspecified atom stereocenters. The summed E-state index contributed by atoms with van der Waals surface area (Å²) >= 11 is 0. The minimum absolute atomic E-state index is 0.572. The smallest absolute Gasteiger partial charge is 0.211 e. The number of aromatic nitrogens is 4. The molecule has 7 nitrogen and oxygen atoms in total. The molecular weight excluding hydrogens is 306 g/mol. The average Bonchev–Trinajstić information content (AvgIpc) is 3.10. The normalized spacial score (nSPS) is 13.2. The Morgan fingerprint density at radius 3 is 2.88 bits per heavy atom. The Hall–Kier alpha value is -2.83. The molecule has 4 heterocycles. The van der Waals surface area contributed by atoms with Gasteiger partial charge in [-0.3, -0.25) is 9.38 Å². The molecule has 0 N–H and O–H groups in total. The SMILES string of the molecule is CCCN(Cc1cc2c(cn1)OCCO2)c1nccc2nccn12. The maximum absolute atomic E-state index is 5.65. The molecule has 0 amide bonds. The van der Waals surface area contributed by atoms with Gasteiger partial charge in [-0.2, -0.15) is 0 Å². The first-order valence-corrected chi connectivity index (χ1v) is 8.12. The highest BCUT2D eigenvalue weighted by Gasteiger charge is 2.16. The van der Waals surface area contributed by atoms with Crippen LogP contribution in [0.3, 0.4) is 0 Å². The van der Waals surface area contributed by atoms with Crippen molar-refractivity contribution in [3.63, 3.8) is 0 Å². The van der Waals surface area contributed by atoms with E-state index >= 15 is 0 Å². The van der Waals surface area contributed by atoms with E-state index in [1.54, 1.807) is 18.6 Å². The van der Waals surface area contributed by atoms with Crippen LogP contribution in [0.25, 0.3) is 5.65 Å². The number of rotatable bonds is 5. The van der Waals surface area contributed by atoms with Gasteiger partial charge in [-0.1, -0.05) is 6.92 Å². The Morgan fingerprint density at radius 2 is 2.00 bits per heavy atom. The molecular formula is C17H19N5O2. The summed E-state index contributed by atoms with van der Waals surface area (Å²) in [6.07, 6.45) is 8.25. The largest absolute Gasteiger partial charge is 0.486 e. The topological polar surface area (TPSA) is 64.8 Å². The number of imidazole rings is 1. The summed E-state index contributed by atoms with van der Waals surface area (Å²) in [5, 5.41) is 0. The van der Waals surface area contributed by atoms with Crippen LogP contribution in [-0.4, -0.2) is 39.1 Å². The van der Waals surface area contributed by atoms with Gasteiger partial charge in [-0.15, -0.1) is 0 Å². The lowest BCUT2D eigenvalue weighted by Crippen LogP contribution is -2.27. The zero-order chi connectivity index (χ0) is 16.4. The van der Waals surface area contributed by atoms with Gasteiger partial charge in [0.25, 0.3) is 0 Å². The highest BCUT2D eigenvalue weighted by molar-refractivity contribution is 5.47. The first-order valence-electron chi connectivity index (χ1n) is 8.12. The Labute approximate surface area is 139 Å². The summed E-state index contributed by atoms with van der Waals surface area (Å²) in [6, 6.07) is 3.85. The van der Waals surface area contributed by atoms with E-state index in [9.17, 15) is 0 Å². The molecule has 0 saturated heterocycles. The minimum Gasteiger partial charge on any atom is -0.486 e. The van der Waals surface area contributed by atoms with Crippen LogP contribution in [0.5, 0.6) is 11.5 Å². The van der Waals surface area contributed by atoms with E-state index in [1.165, 1.54) is 0 Å². The predicted octanol–water partition coefficient (Wildman–Crippen LogP) is 2.31. The van der Waals surface area contributed by atoms with Crippen LogP contribution in [0.4, 0.5) is 5.95 Å². The summed E-state index contributed by atoms with van der Waals surface area (Å²) in [4.78, 5) is 15.6. The summed E-state index contributed by atoms with van der Waals surface area (Å²) in [6.45, 7) is 4.82. The van der Waals surface area contributed by atoms with E-state index in [1.807, 2.05) is 22.7 Å². The van der Waals surface area contributed by atoms with Crippen molar-refractivity contribution < 1.29 is 9.47 Å². The van der Waals surface area contributed by atoms with Crippen LogP contribution < -0.4 is 14.4 Å². The standard InChI is InChI=1S/C17H19N5O2/c1-2-6-21(17-19-4-3-16-18-5-7-22(16)17)12-13-10-14-15(11-20-13)24-9-8-23-14/h3-5,7,10-11H,2,6,8-9,12H2,1H3. The fraction of sp³-hybridized carbons (Fsp3) is 0.353. The Balaban J connectivity index is 1.65. The second-order valence-corrected chi connectivity index (χ2v) is 5.64. The third-order valence-electron chi connectivity index (χ3n) is 3.91. The maximum Gasteiger partial charge on any atom is 0.211 e. The molecule has 1 aliphatic rings. The molecule has 3 aromatic heterocycles. The van der Waals surface area contributed by atoms with Crippen LogP contribution in [-0.2, 0) is 6.54 Å². The van der Waals surface area contributed by atoms with E-state index in [0.29, 0.717) is 25.5 Å². The van der Waals surface area contributed by atoms with Crippen molar-refractivity contribution in [2.45, 2.75) is 19.9 Å². The lowest BCUT2D eigenvalue weighted by atomic mass is 10.3. The number of pyridine rings is 1. The number of fused-ring (bicyclic) bond motifs is 2. The van der Waals surface area contributed by atoms with Crippen LogP contribution in [0, 0.1) is 0 Å². The molecule has 0 bridgehead atoms. The molecule has 4 rings (SSSR count). The van der Waals surface area contributed by atoms with E-state index in [-0.39, 0.29) is 0 Å². The quantitative estimate of drug-likeness (QED) is 0.717. The van der Waals surface area contributed by atoms with Crippen LogP contribution in [0.1, 0.15) is 19.0 Å². The first-order chi connectivity index (χ1) is 11.8. The van der Waals surface area contributed by atoms with E-state index in [4.69, 9.17) is 9.47 Å². The molecule has 0 aliphatic carbocycles. The molecule has 0 radical (unpaired) electrons. The van der Waals surface area contributed by atoms with Crippen molar-refractivity contribution >= 4 is 11.6 Å². The molecule has 7 heteroatoms. The number of nitrogens with zero attached hydrogens (tertiary/aromatic N) is 5. The predicted molar refractivity (Wildman–Crippen MR) is 89.6 cm³/mol. The molecule has 0 aromatic carbocycles. The molecule has 3 aromatic rings. The fourth-order valence-electron chi connectivity index (χ4n) is 2.87. The third-order valence-corrected chi connectivity index (χ3v) is 3.91. The van der Waals surface area contributed by atoms with Gasteiger partial charge in [0, 0.05) is 31.2 Å². The summed E-state index contributed by atoms with van der Waals surface area (Å²) in [7, 11) is 0. The van der Waals surface area contributed by atoms with Gasteiger partial charge in [0.15, 0.2) is 11.5 Å². The highest BCUT2D eigenvalue weighted by atomic mass is 16.6. The van der Waals surface area contributed by atoms with Crippen LogP contribution in [0.15, 0.2) is 36.9 Å². The van der Waals surface area contributed by atoms with Gasteiger partial charge in [-0.05, 0) is 12.5 Å². The minimum atomic E-state index is 0.572. The third kappa shape index (κ3) is 2.73. The second-order valence-electron chi connectivity index (χ2n) is 5.64. The van der Waals surface area contributed by atoms with Crippen molar-refractivity contribution in [2.24, 2.45) is 0 Å². The Morgan fingerprint density at radius 1 is 1.12 bits per heavy atom. The van der Waals surface area contributed by atoms with Crippen molar-refractivity contribution in [1.29, 1.82) is 0 Å². The number of anilines is 1. The molecule has 0 fully saturated rings. The maximum atomic E-state index is 5.65. The lowest BCUT2D eigenvalue weighted by Gasteiger charge is -2.24. The van der Waals surface area contributed by atoms with Gasteiger partial charge in [0.2, 0.25) is 5.95 Å². The summed E-state index contributed by atoms with van der Waals surface area (Å²) in [5.74, 6) is 2.34. The summed E-state index contributed by atoms with van der Waals surface area (Å²) in [5.41, 5.74) is 1.81. The van der Waals surface area contributed by atoms with Gasteiger partial charge in [0.05, 0.1) is 18.4 Å². The molecule has 0 spiro atoms. The first kappa shape index (κ1) is 14.7. The van der Waals surface area contributed by atoms with Crippen molar-refractivity contribution in [3.05, 3.63) is 42.6 Å². The molecule has 0 atom stereocenters. The van der Waals surface area contributed by atoms with Gasteiger partial charge in [0.1, 0.15) is 18.9 Å². The Kier molecular flexibility index (Phi) is 3.90. The van der Waals surface area contributed by atoms with Gasteiger partial charge in [-0.25, -0.2) is 9.97 Å². The lowest BCUT2D eigenvalue weighted by molar-refractivity contribution is 0.170. The van der Waals surface area contributed by atoms with Crippen LogP contribution >= 0.6 is 0 Å². The van der Waals surface area contributed by atoms with Gasteiger partial charge < -0.3 is 14.4 Å². The monoisotopic (exact) mass is 325 g/mol. The zero-order valence-electron chi connectivity index (χ0n) is 13.6. The van der Waals surface area contributed by atoms with Crippen molar-refractivity contribution in [3.8, 4) is 11.5 Å². The molecule has 124 valence electrons. The zero-order valence-corrected chi connectivity index (χ0v) is 13.6. The van der Waals surface area contributed by atoms with Crippen molar-refractivity contribution in [2.75, 3.05) is 24.7 Å². The average molecular weight is 325 g/mol. The molecule has 1 aliphatic heterocycles. The fourth-order valence-corrected chi connectivity index (χ4v) is 2.87. The molecule has 0 saturated carbocycles. The van der Waals surface area contributed by atoms with E-state index < -0.39 is 0 Å². The van der Waals surface area contributed by atoms with Crippen LogP contribution in [0.2, 0.25) is 0 Å². The molecule has 24 heavy (non-hydrogen) atoms. The number of hydrogen-bond acceptors (Lipinski definition) is 6. The van der Waals surface area contributed by atoms with E-state index in [2.05, 4.69) is 26.8 Å². The second kappa shape index (κ2) is 6.35. The Bertz CT molecular complexity index is 848. The van der Waals surface area contributed by atoms with Crippen molar-refractivity contribution in [1.82, 2.24) is 19.4 Å². The highest BCUT2D eigenvalue weighted by Crippen LogP contribution is 2.30.